The molecule has 1 aliphatic rings. The van der Waals surface area contributed by atoms with Crippen molar-refractivity contribution in [3.8, 4) is 5.88 Å². The minimum absolute atomic E-state index is 0.212. The third-order valence-electron chi connectivity index (χ3n) is 4.03. The summed E-state index contributed by atoms with van der Waals surface area (Å²) in [7, 11) is 1.79. The lowest BCUT2D eigenvalue weighted by Gasteiger charge is -2.13. The van der Waals surface area contributed by atoms with Gasteiger partial charge in [0.1, 0.15) is 23.0 Å². The minimum atomic E-state index is -0.212. The maximum atomic E-state index is 12.5. The lowest BCUT2D eigenvalue weighted by atomic mass is 10.3. The number of nitrogens with zero attached hydrogens (tertiary/aromatic N) is 4. The van der Waals surface area contributed by atoms with Gasteiger partial charge in [-0.25, -0.2) is 4.98 Å². The number of hydrogen-bond acceptors (Lipinski definition) is 7. The van der Waals surface area contributed by atoms with Gasteiger partial charge in [-0.05, 0) is 25.0 Å². The topological polar surface area (TPSA) is 105 Å². The number of nitrogens with one attached hydrogen (secondary N) is 3. The minimum Gasteiger partial charge on any atom is -0.478 e. The molecular formula is C17H19N7O2. The molecule has 26 heavy (non-hydrogen) atoms. The highest BCUT2D eigenvalue weighted by Crippen LogP contribution is 2.23. The Balaban J connectivity index is 1.86. The van der Waals surface area contributed by atoms with Crippen molar-refractivity contribution in [1.82, 2.24) is 24.9 Å². The van der Waals surface area contributed by atoms with E-state index in [1.807, 2.05) is 19.1 Å². The molecule has 1 amide bonds. The van der Waals surface area contributed by atoms with Gasteiger partial charge >= 0.3 is 0 Å². The van der Waals surface area contributed by atoms with Gasteiger partial charge in [0.25, 0.3) is 5.91 Å². The van der Waals surface area contributed by atoms with Crippen LogP contribution in [0.1, 0.15) is 22.3 Å². The summed E-state index contributed by atoms with van der Waals surface area (Å²) < 4.78 is 7.30. The van der Waals surface area contributed by atoms with E-state index in [0.717, 1.165) is 5.56 Å². The summed E-state index contributed by atoms with van der Waals surface area (Å²) >= 11 is 0. The van der Waals surface area contributed by atoms with Crippen LogP contribution in [0, 0.1) is 6.92 Å². The Morgan fingerprint density at radius 1 is 1.23 bits per heavy atom. The van der Waals surface area contributed by atoms with Crippen LogP contribution in [-0.2, 0) is 0 Å². The van der Waals surface area contributed by atoms with Crippen molar-refractivity contribution in [2.45, 2.75) is 13.3 Å². The predicted molar refractivity (Wildman–Crippen MR) is 97.2 cm³/mol. The molecule has 0 atom stereocenters. The van der Waals surface area contributed by atoms with Crippen LogP contribution in [0.15, 0.2) is 24.4 Å². The van der Waals surface area contributed by atoms with Crippen molar-refractivity contribution >= 4 is 29.0 Å². The van der Waals surface area contributed by atoms with E-state index in [0.29, 0.717) is 54.1 Å². The zero-order valence-electron chi connectivity index (χ0n) is 14.5. The van der Waals surface area contributed by atoms with E-state index in [1.54, 1.807) is 17.6 Å². The molecule has 4 rings (SSSR count). The molecule has 0 saturated carbocycles. The number of amides is 1. The fraction of sp³-hybridized carbons (Fsp3) is 0.294. The number of rotatable bonds is 1. The van der Waals surface area contributed by atoms with Crippen LogP contribution < -0.4 is 20.7 Å². The van der Waals surface area contributed by atoms with E-state index >= 15 is 0 Å². The molecule has 134 valence electrons. The third-order valence-corrected chi connectivity index (χ3v) is 4.03. The van der Waals surface area contributed by atoms with E-state index in [9.17, 15) is 4.79 Å². The Kier molecular flexibility index (Phi) is 4.04. The van der Waals surface area contributed by atoms with Gasteiger partial charge in [0, 0.05) is 25.7 Å². The van der Waals surface area contributed by atoms with E-state index < -0.39 is 0 Å². The van der Waals surface area contributed by atoms with Crippen LogP contribution in [0.4, 0.5) is 17.5 Å². The zero-order valence-corrected chi connectivity index (χ0v) is 14.5. The SMILES string of the molecule is CNc1cc2nc3c(cnn13)C(=O)NCCCOc1cc(C)cc(n1)N2. The first kappa shape index (κ1) is 16.1. The Labute approximate surface area is 149 Å². The number of pyridine rings is 1. The molecule has 9 heteroatoms. The highest BCUT2D eigenvalue weighted by molar-refractivity contribution is 6.00. The molecule has 0 fully saturated rings. The first-order valence-electron chi connectivity index (χ1n) is 8.37. The summed E-state index contributed by atoms with van der Waals surface area (Å²) in [6.45, 7) is 2.94. The maximum Gasteiger partial charge on any atom is 0.256 e. The van der Waals surface area contributed by atoms with Gasteiger partial charge in [-0.2, -0.15) is 14.6 Å². The molecule has 4 heterocycles. The standard InChI is InChI=1S/C17H19N7O2/c1-10-6-12-21-13-8-14(18-2)24-16(23-13)11(9-20-24)17(25)19-4-3-5-26-15(7-10)22-12/h6-9,18H,3-5H2,1-2H3,(H,19,25)(H,21,22,23). The van der Waals surface area contributed by atoms with E-state index in [4.69, 9.17) is 4.74 Å². The van der Waals surface area contributed by atoms with Crippen molar-refractivity contribution in [3.63, 3.8) is 0 Å². The van der Waals surface area contributed by atoms with Gasteiger partial charge in [0.2, 0.25) is 5.88 Å². The van der Waals surface area contributed by atoms with Gasteiger partial charge in [0.05, 0.1) is 12.8 Å². The second-order valence-electron chi connectivity index (χ2n) is 6.02. The average molecular weight is 353 g/mol. The fourth-order valence-corrected chi connectivity index (χ4v) is 2.82. The number of carbonyl (C=O) groups excluding carboxylic acids is 1. The number of fused-ring (bicyclic) bond motifs is 3. The number of hydrogen-bond donors (Lipinski definition) is 3. The lowest BCUT2D eigenvalue weighted by Crippen LogP contribution is -2.25. The van der Waals surface area contributed by atoms with Crippen LogP contribution in [-0.4, -0.2) is 45.7 Å². The quantitative estimate of drug-likeness (QED) is 0.612. The van der Waals surface area contributed by atoms with Gasteiger partial charge in [0.15, 0.2) is 5.65 Å². The normalized spacial score (nSPS) is 14.3. The Bertz CT molecular complexity index is 983. The first-order chi connectivity index (χ1) is 12.6. The molecule has 9 nitrogen and oxygen atoms in total. The Morgan fingerprint density at radius 2 is 2.08 bits per heavy atom. The molecule has 0 saturated heterocycles. The summed E-state index contributed by atoms with van der Waals surface area (Å²) in [5, 5.41) is 13.4. The average Bonchev–Trinajstić information content (AvgIpc) is 3.03. The van der Waals surface area contributed by atoms with Gasteiger partial charge in [-0.1, -0.05) is 0 Å². The number of ether oxygens (including phenoxy) is 1. The van der Waals surface area contributed by atoms with Crippen LogP contribution in [0.5, 0.6) is 5.88 Å². The predicted octanol–water partition coefficient (Wildman–Crippen LogP) is 1.73. The van der Waals surface area contributed by atoms with Gasteiger partial charge in [-0.3, -0.25) is 4.79 Å². The summed E-state index contributed by atoms with van der Waals surface area (Å²) in [6.07, 6.45) is 2.19. The number of carbonyl (C=O) groups is 1. The van der Waals surface area contributed by atoms with Crippen LogP contribution in [0.3, 0.4) is 0 Å². The van der Waals surface area contributed by atoms with Crippen molar-refractivity contribution in [3.05, 3.63) is 35.5 Å². The molecule has 0 radical (unpaired) electrons. The molecule has 1 aliphatic heterocycles. The van der Waals surface area contributed by atoms with Crippen LogP contribution >= 0.6 is 0 Å². The van der Waals surface area contributed by atoms with Crippen LogP contribution in [0.25, 0.3) is 5.65 Å². The summed E-state index contributed by atoms with van der Waals surface area (Å²) in [5.41, 5.74) is 1.91. The van der Waals surface area contributed by atoms with Crippen molar-refractivity contribution in [2.75, 3.05) is 30.8 Å². The monoisotopic (exact) mass is 353 g/mol. The second kappa shape index (κ2) is 6.51. The van der Waals surface area contributed by atoms with Gasteiger partial charge < -0.3 is 20.7 Å². The van der Waals surface area contributed by atoms with Crippen molar-refractivity contribution in [1.29, 1.82) is 0 Å². The molecule has 3 aromatic heterocycles. The molecule has 0 aliphatic carbocycles. The fourth-order valence-electron chi connectivity index (χ4n) is 2.82. The summed E-state index contributed by atoms with van der Waals surface area (Å²) in [4.78, 5) is 21.5. The van der Waals surface area contributed by atoms with E-state index in [-0.39, 0.29) is 5.91 Å². The Hall–Kier alpha value is -3.36. The highest BCUT2D eigenvalue weighted by atomic mass is 16.5. The molecule has 3 N–H and O–H groups in total. The number of anilines is 3. The van der Waals surface area contributed by atoms with Crippen LogP contribution in [0.2, 0.25) is 0 Å². The van der Waals surface area contributed by atoms with E-state index in [1.165, 1.54) is 6.20 Å². The molecule has 0 spiro atoms. The Morgan fingerprint density at radius 3 is 2.92 bits per heavy atom. The van der Waals surface area contributed by atoms with Gasteiger partial charge in [-0.15, -0.1) is 0 Å². The molecule has 3 aromatic rings. The largest absolute Gasteiger partial charge is 0.478 e. The smallest absolute Gasteiger partial charge is 0.256 e. The molecule has 0 aromatic carbocycles. The van der Waals surface area contributed by atoms with Crippen molar-refractivity contribution in [2.24, 2.45) is 0 Å². The maximum absolute atomic E-state index is 12.5. The third kappa shape index (κ3) is 2.99. The van der Waals surface area contributed by atoms with Crippen molar-refractivity contribution < 1.29 is 9.53 Å². The highest BCUT2D eigenvalue weighted by Gasteiger charge is 2.17. The zero-order chi connectivity index (χ0) is 18.1. The summed E-state index contributed by atoms with van der Waals surface area (Å²) in [5.74, 6) is 2.21. The first-order valence-corrected chi connectivity index (χ1v) is 8.37. The lowest BCUT2D eigenvalue weighted by molar-refractivity contribution is 0.0953. The summed E-state index contributed by atoms with van der Waals surface area (Å²) in [6, 6.07) is 5.59. The number of aromatic nitrogens is 4. The molecular weight excluding hydrogens is 334 g/mol. The number of aryl methyl sites for hydroxylation is 1. The van der Waals surface area contributed by atoms with E-state index in [2.05, 4.69) is 31.0 Å². The second-order valence-corrected chi connectivity index (χ2v) is 6.02. The molecule has 0 unspecified atom stereocenters. The molecule has 4 bridgehead atoms.